The molecule has 1 aromatic carbocycles. The van der Waals surface area contributed by atoms with E-state index in [2.05, 4.69) is 25.1 Å². The fourth-order valence-electron chi connectivity index (χ4n) is 4.65. The van der Waals surface area contributed by atoms with Gasteiger partial charge in [0.15, 0.2) is 0 Å². The highest BCUT2D eigenvalue weighted by molar-refractivity contribution is 6.06. The zero-order chi connectivity index (χ0) is 21.5. The number of fused-ring (bicyclic) bond motifs is 1. The average Bonchev–Trinajstić information content (AvgIpc) is 3.37. The summed E-state index contributed by atoms with van der Waals surface area (Å²) in [5.74, 6) is -1.62. The van der Waals surface area contributed by atoms with Crippen LogP contribution < -0.4 is 10.2 Å². The Morgan fingerprint density at radius 1 is 1.13 bits per heavy atom. The van der Waals surface area contributed by atoms with Gasteiger partial charge in [0.25, 0.3) is 5.91 Å². The lowest BCUT2D eigenvalue weighted by Gasteiger charge is -2.36. The molecule has 3 amide bonds. The zero-order valence-corrected chi connectivity index (χ0v) is 16.9. The van der Waals surface area contributed by atoms with Gasteiger partial charge in [-0.1, -0.05) is 0 Å². The normalized spacial score (nSPS) is 22.1. The van der Waals surface area contributed by atoms with Crippen molar-refractivity contribution in [1.82, 2.24) is 25.1 Å². The SMILES string of the molecule is O=C1CCC(N2Cc3c(cc(F)cc3N3CCN(Cc4cnc[nH]4)CC3)C2=O)C(=O)N1. The number of imidazole rings is 1. The molecule has 2 fully saturated rings. The lowest BCUT2D eigenvalue weighted by atomic mass is 10.0. The minimum Gasteiger partial charge on any atom is -0.369 e. The molecular formula is C21H23FN6O3. The van der Waals surface area contributed by atoms with Gasteiger partial charge in [0.05, 0.1) is 6.33 Å². The molecule has 9 nitrogen and oxygen atoms in total. The van der Waals surface area contributed by atoms with Crippen molar-refractivity contribution in [2.45, 2.75) is 32.0 Å². The second-order valence-electron chi connectivity index (χ2n) is 8.19. The predicted octanol–water partition coefficient (Wildman–Crippen LogP) is 0.632. The molecular weight excluding hydrogens is 403 g/mol. The number of piperazine rings is 1. The van der Waals surface area contributed by atoms with Crippen LogP contribution in [0.4, 0.5) is 10.1 Å². The third-order valence-electron chi connectivity index (χ3n) is 6.26. The standard InChI is InChI=1S/C21H23FN6O3/c22-13-7-15-16(11-28(21(15)31)17-1-2-19(29)25-20(17)30)18(8-13)27-5-3-26(4-6-27)10-14-9-23-12-24-14/h7-9,12,17H,1-6,10-11H2,(H,23,24)(H,25,29,30). The number of aromatic amines is 1. The molecule has 1 atom stereocenters. The van der Waals surface area contributed by atoms with Crippen molar-refractivity contribution in [3.05, 3.63) is 47.3 Å². The largest absolute Gasteiger partial charge is 0.369 e. The Morgan fingerprint density at radius 3 is 2.65 bits per heavy atom. The molecule has 1 unspecified atom stereocenters. The molecule has 3 aliphatic rings. The van der Waals surface area contributed by atoms with E-state index in [-0.39, 0.29) is 31.2 Å². The van der Waals surface area contributed by atoms with Crippen molar-refractivity contribution >= 4 is 23.4 Å². The summed E-state index contributed by atoms with van der Waals surface area (Å²) < 4.78 is 14.4. The van der Waals surface area contributed by atoms with Gasteiger partial charge < -0.3 is 14.8 Å². The lowest BCUT2D eigenvalue weighted by Crippen LogP contribution is -2.52. The van der Waals surface area contributed by atoms with Gasteiger partial charge in [0.1, 0.15) is 11.9 Å². The monoisotopic (exact) mass is 426 g/mol. The molecule has 0 saturated carbocycles. The minimum absolute atomic E-state index is 0.191. The van der Waals surface area contributed by atoms with Crippen LogP contribution in [0.2, 0.25) is 0 Å². The number of H-pyrrole nitrogens is 1. The molecule has 1 aromatic heterocycles. The second-order valence-corrected chi connectivity index (χ2v) is 8.19. The molecule has 2 N–H and O–H groups in total. The molecule has 0 bridgehead atoms. The maximum Gasteiger partial charge on any atom is 0.255 e. The van der Waals surface area contributed by atoms with Crippen LogP contribution in [0.15, 0.2) is 24.7 Å². The summed E-state index contributed by atoms with van der Waals surface area (Å²) in [4.78, 5) is 49.8. The van der Waals surface area contributed by atoms with Crippen LogP contribution in [-0.2, 0) is 22.7 Å². The fraction of sp³-hybridized carbons (Fsp3) is 0.429. The van der Waals surface area contributed by atoms with E-state index in [0.717, 1.165) is 30.9 Å². The number of halogens is 1. The van der Waals surface area contributed by atoms with Crippen LogP contribution in [0.3, 0.4) is 0 Å². The Hall–Kier alpha value is -3.27. The molecule has 0 spiro atoms. The number of hydrogen-bond donors (Lipinski definition) is 2. The number of hydrogen-bond acceptors (Lipinski definition) is 6. The molecule has 2 saturated heterocycles. The molecule has 10 heteroatoms. The van der Waals surface area contributed by atoms with Crippen molar-refractivity contribution in [2.24, 2.45) is 0 Å². The van der Waals surface area contributed by atoms with Crippen LogP contribution in [0.5, 0.6) is 0 Å². The third-order valence-corrected chi connectivity index (χ3v) is 6.26. The van der Waals surface area contributed by atoms with Gasteiger partial charge in [-0.25, -0.2) is 9.37 Å². The minimum atomic E-state index is -0.709. The summed E-state index contributed by atoms with van der Waals surface area (Å²) in [6, 6.07) is 2.02. The first-order valence-corrected chi connectivity index (χ1v) is 10.4. The molecule has 0 radical (unpaired) electrons. The molecule has 3 aliphatic heterocycles. The molecule has 5 rings (SSSR count). The van der Waals surface area contributed by atoms with E-state index in [1.54, 1.807) is 12.5 Å². The maximum atomic E-state index is 14.4. The summed E-state index contributed by atoms with van der Waals surface area (Å²) in [6.45, 7) is 4.03. The predicted molar refractivity (Wildman–Crippen MR) is 109 cm³/mol. The van der Waals surface area contributed by atoms with Gasteiger partial charge in [-0.2, -0.15) is 0 Å². The molecule has 0 aliphatic carbocycles. The number of anilines is 1. The highest BCUT2D eigenvalue weighted by Gasteiger charge is 2.41. The van der Waals surface area contributed by atoms with Crippen LogP contribution in [-0.4, -0.2) is 69.7 Å². The second kappa shape index (κ2) is 7.77. The van der Waals surface area contributed by atoms with Gasteiger partial charge in [-0.15, -0.1) is 0 Å². The quantitative estimate of drug-likeness (QED) is 0.696. The molecule has 162 valence electrons. The number of nitrogens with zero attached hydrogens (tertiary/aromatic N) is 4. The summed E-state index contributed by atoms with van der Waals surface area (Å²) in [6.07, 6.45) is 3.94. The number of aromatic nitrogens is 2. The number of amides is 3. The number of nitrogens with one attached hydrogen (secondary N) is 2. The summed E-state index contributed by atoms with van der Waals surface area (Å²) in [5.41, 5.74) is 2.81. The maximum absolute atomic E-state index is 14.4. The Kier molecular flexibility index (Phi) is 4.93. The number of imide groups is 1. The average molecular weight is 426 g/mol. The van der Waals surface area contributed by atoms with E-state index in [9.17, 15) is 18.8 Å². The van der Waals surface area contributed by atoms with Crippen molar-refractivity contribution in [2.75, 3.05) is 31.1 Å². The highest BCUT2D eigenvalue weighted by Crippen LogP contribution is 2.35. The zero-order valence-electron chi connectivity index (χ0n) is 16.9. The number of carbonyl (C=O) groups excluding carboxylic acids is 3. The Bertz CT molecular complexity index is 1030. The van der Waals surface area contributed by atoms with E-state index in [0.29, 0.717) is 24.3 Å². The Labute approximate surface area is 178 Å². The van der Waals surface area contributed by atoms with Gasteiger partial charge >= 0.3 is 0 Å². The van der Waals surface area contributed by atoms with E-state index in [4.69, 9.17) is 0 Å². The highest BCUT2D eigenvalue weighted by atomic mass is 19.1. The first-order valence-electron chi connectivity index (χ1n) is 10.4. The van der Waals surface area contributed by atoms with Crippen molar-refractivity contribution in [3.8, 4) is 0 Å². The van der Waals surface area contributed by atoms with Crippen LogP contribution in [0.1, 0.15) is 34.5 Å². The van der Waals surface area contributed by atoms with Crippen molar-refractivity contribution in [3.63, 3.8) is 0 Å². The first-order chi connectivity index (χ1) is 15.0. The van der Waals surface area contributed by atoms with Crippen molar-refractivity contribution < 1.29 is 18.8 Å². The van der Waals surface area contributed by atoms with Crippen LogP contribution in [0.25, 0.3) is 0 Å². The number of carbonyl (C=O) groups is 3. The fourth-order valence-corrected chi connectivity index (χ4v) is 4.65. The summed E-state index contributed by atoms with van der Waals surface area (Å²) in [5, 5.41) is 2.30. The van der Waals surface area contributed by atoms with E-state index in [1.807, 2.05) is 0 Å². The van der Waals surface area contributed by atoms with E-state index < -0.39 is 17.8 Å². The van der Waals surface area contributed by atoms with Gasteiger partial charge in [0, 0.05) is 74.4 Å². The Balaban J connectivity index is 1.34. The molecule has 31 heavy (non-hydrogen) atoms. The molecule has 2 aromatic rings. The van der Waals surface area contributed by atoms with Crippen molar-refractivity contribution in [1.29, 1.82) is 0 Å². The third kappa shape index (κ3) is 3.67. The lowest BCUT2D eigenvalue weighted by molar-refractivity contribution is -0.136. The van der Waals surface area contributed by atoms with Gasteiger partial charge in [0.2, 0.25) is 11.8 Å². The summed E-state index contributed by atoms with van der Waals surface area (Å²) in [7, 11) is 0. The van der Waals surface area contributed by atoms with Crippen LogP contribution in [0, 0.1) is 5.82 Å². The van der Waals surface area contributed by atoms with E-state index >= 15 is 0 Å². The number of benzene rings is 1. The first kappa shape index (κ1) is 19.7. The number of piperidine rings is 1. The number of rotatable bonds is 4. The van der Waals surface area contributed by atoms with Crippen LogP contribution >= 0.6 is 0 Å². The van der Waals surface area contributed by atoms with E-state index in [1.165, 1.54) is 17.0 Å². The topological polar surface area (TPSA) is 102 Å². The van der Waals surface area contributed by atoms with Gasteiger partial charge in [-0.05, 0) is 18.6 Å². The Morgan fingerprint density at radius 2 is 1.94 bits per heavy atom. The summed E-state index contributed by atoms with van der Waals surface area (Å²) >= 11 is 0. The molecule has 4 heterocycles. The van der Waals surface area contributed by atoms with Gasteiger partial charge in [-0.3, -0.25) is 24.6 Å². The smallest absolute Gasteiger partial charge is 0.255 e.